The highest BCUT2D eigenvalue weighted by Gasteiger charge is 2.16. The molecule has 1 aromatic heterocycles. The summed E-state index contributed by atoms with van der Waals surface area (Å²) in [7, 11) is 1.71. The lowest BCUT2D eigenvalue weighted by molar-refractivity contribution is 0.0687. The van der Waals surface area contributed by atoms with Crippen LogP contribution in [0.3, 0.4) is 0 Å². The molecule has 120 valence electrons. The lowest BCUT2D eigenvalue weighted by atomic mass is 9.99. The van der Waals surface area contributed by atoms with Crippen LogP contribution in [0.4, 0.5) is 0 Å². The molecule has 0 bridgehead atoms. The van der Waals surface area contributed by atoms with E-state index in [-0.39, 0.29) is 0 Å². The normalized spacial score (nSPS) is 15.9. The summed E-state index contributed by atoms with van der Waals surface area (Å²) in [5, 5.41) is 3.64. The number of thiophene rings is 1. The topological polar surface area (TPSA) is 30.5 Å². The molecule has 0 fully saturated rings. The van der Waals surface area contributed by atoms with Gasteiger partial charge in [0.05, 0.1) is 13.2 Å². The second-order valence-electron chi connectivity index (χ2n) is 5.79. The molecule has 1 heterocycles. The number of rotatable bonds is 10. The van der Waals surface area contributed by atoms with Crippen LogP contribution >= 0.6 is 11.3 Å². The second-order valence-corrected chi connectivity index (χ2v) is 6.96. The van der Waals surface area contributed by atoms with Crippen molar-refractivity contribution >= 4 is 11.3 Å². The Morgan fingerprint density at radius 3 is 2.86 bits per heavy atom. The molecule has 1 aliphatic rings. The van der Waals surface area contributed by atoms with E-state index < -0.39 is 0 Å². The Morgan fingerprint density at radius 1 is 1.19 bits per heavy atom. The maximum atomic E-state index is 5.47. The first kappa shape index (κ1) is 16.9. The molecular formula is C17H29NO2S. The Labute approximate surface area is 133 Å². The Kier molecular flexibility index (Phi) is 7.72. The van der Waals surface area contributed by atoms with Gasteiger partial charge in [-0.25, -0.2) is 0 Å². The summed E-state index contributed by atoms with van der Waals surface area (Å²) < 4.78 is 10.4. The van der Waals surface area contributed by atoms with E-state index in [1.54, 1.807) is 17.6 Å². The molecule has 0 aliphatic heterocycles. The average molecular weight is 311 g/mol. The van der Waals surface area contributed by atoms with E-state index in [9.17, 15) is 0 Å². The van der Waals surface area contributed by atoms with Crippen LogP contribution in [0.25, 0.3) is 0 Å². The van der Waals surface area contributed by atoms with E-state index in [0.717, 1.165) is 19.6 Å². The molecule has 0 amide bonds. The number of fused-ring (bicyclic) bond motifs is 1. The SMILES string of the molecule is COCCOCCCCNC(C)c1cc2c(s1)CCCC2. The van der Waals surface area contributed by atoms with Gasteiger partial charge in [0, 0.05) is 29.5 Å². The van der Waals surface area contributed by atoms with Crippen molar-refractivity contribution in [2.75, 3.05) is 33.5 Å². The van der Waals surface area contributed by atoms with E-state index >= 15 is 0 Å². The van der Waals surface area contributed by atoms with Crippen LogP contribution in [-0.2, 0) is 22.3 Å². The predicted octanol–water partition coefficient (Wildman–Crippen LogP) is 3.72. The maximum Gasteiger partial charge on any atom is 0.0700 e. The van der Waals surface area contributed by atoms with Crippen molar-refractivity contribution in [1.29, 1.82) is 0 Å². The first-order valence-corrected chi connectivity index (χ1v) is 9.04. The van der Waals surface area contributed by atoms with Crippen LogP contribution in [-0.4, -0.2) is 33.5 Å². The van der Waals surface area contributed by atoms with Crippen LogP contribution in [0.15, 0.2) is 6.07 Å². The molecule has 4 heteroatoms. The minimum absolute atomic E-state index is 0.481. The zero-order valence-corrected chi connectivity index (χ0v) is 14.3. The summed E-state index contributed by atoms with van der Waals surface area (Å²) in [5.41, 5.74) is 1.61. The van der Waals surface area contributed by atoms with E-state index in [1.807, 2.05) is 11.3 Å². The number of hydrogen-bond donors (Lipinski definition) is 1. The molecule has 0 spiro atoms. The van der Waals surface area contributed by atoms with Crippen molar-refractivity contribution in [3.8, 4) is 0 Å². The fraction of sp³-hybridized carbons (Fsp3) is 0.765. The van der Waals surface area contributed by atoms with Gasteiger partial charge in [-0.15, -0.1) is 11.3 Å². The smallest absolute Gasteiger partial charge is 0.0700 e. The van der Waals surface area contributed by atoms with Crippen LogP contribution in [0.5, 0.6) is 0 Å². The minimum atomic E-state index is 0.481. The summed E-state index contributed by atoms with van der Waals surface area (Å²) in [5.74, 6) is 0. The van der Waals surface area contributed by atoms with Crippen LogP contribution in [0, 0.1) is 0 Å². The molecule has 1 unspecified atom stereocenters. The fourth-order valence-electron chi connectivity index (χ4n) is 2.72. The Hall–Kier alpha value is -0.420. The number of aryl methyl sites for hydroxylation is 2. The average Bonchev–Trinajstić information content (AvgIpc) is 2.94. The lowest BCUT2D eigenvalue weighted by Gasteiger charge is -2.12. The molecule has 1 aliphatic carbocycles. The minimum Gasteiger partial charge on any atom is -0.382 e. The van der Waals surface area contributed by atoms with E-state index in [4.69, 9.17) is 9.47 Å². The number of nitrogens with one attached hydrogen (secondary N) is 1. The van der Waals surface area contributed by atoms with Gasteiger partial charge in [-0.1, -0.05) is 0 Å². The van der Waals surface area contributed by atoms with Crippen LogP contribution in [0.2, 0.25) is 0 Å². The highest BCUT2D eigenvalue weighted by Crippen LogP contribution is 2.32. The Morgan fingerprint density at radius 2 is 2.05 bits per heavy atom. The maximum absolute atomic E-state index is 5.47. The molecule has 1 N–H and O–H groups in total. The predicted molar refractivity (Wildman–Crippen MR) is 89.3 cm³/mol. The quantitative estimate of drug-likeness (QED) is 0.668. The van der Waals surface area contributed by atoms with Crippen molar-refractivity contribution in [3.63, 3.8) is 0 Å². The van der Waals surface area contributed by atoms with Gasteiger partial charge in [0.2, 0.25) is 0 Å². The van der Waals surface area contributed by atoms with Crippen molar-refractivity contribution in [2.24, 2.45) is 0 Å². The third-order valence-corrected chi connectivity index (χ3v) is 5.46. The van der Waals surface area contributed by atoms with Gasteiger partial charge < -0.3 is 14.8 Å². The number of methoxy groups -OCH3 is 1. The van der Waals surface area contributed by atoms with Crippen molar-refractivity contribution in [3.05, 3.63) is 21.4 Å². The molecule has 21 heavy (non-hydrogen) atoms. The molecule has 3 nitrogen and oxygen atoms in total. The third-order valence-electron chi connectivity index (χ3n) is 4.04. The molecule has 0 radical (unpaired) electrons. The van der Waals surface area contributed by atoms with E-state index in [2.05, 4.69) is 18.3 Å². The summed E-state index contributed by atoms with van der Waals surface area (Å²) >= 11 is 2.02. The van der Waals surface area contributed by atoms with Gasteiger partial charge in [-0.05, 0) is 63.6 Å². The molecule has 0 aromatic carbocycles. The third kappa shape index (κ3) is 5.70. The molecule has 1 aromatic rings. The Balaban J connectivity index is 1.59. The zero-order chi connectivity index (χ0) is 14.9. The van der Waals surface area contributed by atoms with Gasteiger partial charge in [0.15, 0.2) is 0 Å². The summed E-state index contributed by atoms with van der Waals surface area (Å²) in [6, 6.07) is 2.92. The van der Waals surface area contributed by atoms with Gasteiger partial charge >= 0.3 is 0 Å². The van der Waals surface area contributed by atoms with E-state index in [0.29, 0.717) is 19.3 Å². The number of unbranched alkanes of at least 4 members (excludes halogenated alkanes) is 1. The van der Waals surface area contributed by atoms with E-state index in [1.165, 1.54) is 37.0 Å². The van der Waals surface area contributed by atoms with Gasteiger partial charge in [0.25, 0.3) is 0 Å². The highest BCUT2D eigenvalue weighted by atomic mass is 32.1. The van der Waals surface area contributed by atoms with Crippen molar-refractivity contribution in [1.82, 2.24) is 5.32 Å². The molecule has 2 rings (SSSR count). The molecule has 1 atom stereocenters. The molecular weight excluding hydrogens is 282 g/mol. The molecule has 0 saturated heterocycles. The van der Waals surface area contributed by atoms with Gasteiger partial charge in [-0.2, -0.15) is 0 Å². The summed E-state index contributed by atoms with van der Waals surface area (Å²) in [6.07, 6.45) is 7.61. The first-order chi connectivity index (χ1) is 10.3. The van der Waals surface area contributed by atoms with Crippen molar-refractivity contribution < 1.29 is 9.47 Å². The van der Waals surface area contributed by atoms with Gasteiger partial charge in [-0.3, -0.25) is 0 Å². The molecule has 0 saturated carbocycles. The number of ether oxygens (including phenoxy) is 2. The fourth-order valence-corrected chi connectivity index (χ4v) is 4.00. The standard InChI is InChI=1S/C17H29NO2S/c1-14(18-9-5-6-10-20-12-11-19-2)17-13-15-7-3-4-8-16(15)21-17/h13-14,18H,3-12H2,1-2H3. The summed E-state index contributed by atoms with van der Waals surface area (Å²) in [6.45, 7) is 5.59. The Bertz CT molecular complexity index is 382. The van der Waals surface area contributed by atoms with Crippen LogP contribution in [0.1, 0.15) is 54.0 Å². The number of hydrogen-bond acceptors (Lipinski definition) is 4. The second kappa shape index (κ2) is 9.57. The first-order valence-electron chi connectivity index (χ1n) is 8.23. The highest BCUT2D eigenvalue weighted by molar-refractivity contribution is 7.12. The lowest BCUT2D eigenvalue weighted by Crippen LogP contribution is -2.19. The largest absolute Gasteiger partial charge is 0.382 e. The van der Waals surface area contributed by atoms with Crippen molar-refractivity contribution in [2.45, 2.75) is 51.5 Å². The van der Waals surface area contributed by atoms with Gasteiger partial charge in [0.1, 0.15) is 0 Å². The van der Waals surface area contributed by atoms with Crippen LogP contribution < -0.4 is 5.32 Å². The monoisotopic (exact) mass is 311 g/mol. The summed E-state index contributed by atoms with van der Waals surface area (Å²) in [4.78, 5) is 3.15. The zero-order valence-electron chi connectivity index (χ0n) is 13.5.